The molecule has 0 bridgehead atoms. The van der Waals surface area contributed by atoms with E-state index in [1.54, 1.807) is 30.2 Å². The molecule has 0 aromatic carbocycles. The highest BCUT2D eigenvalue weighted by Gasteiger charge is 2.19. The van der Waals surface area contributed by atoms with Gasteiger partial charge in [0.15, 0.2) is 0 Å². The summed E-state index contributed by atoms with van der Waals surface area (Å²) in [5.41, 5.74) is 4.33. The molecule has 17 heavy (non-hydrogen) atoms. The normalized spacial score (nSPS) is 12.7. The molecule has 3 N–H and O–H groups in total. The first-order valence-electron chi connectivity index (χ1n) is 4.88. The predicted octanol–water partition coefficient (Wildman–Crippen LogP) is 1.67. The average Bonchev–Trinajstić information content (AvgIpc) is 2.64. The third kappa shape index (κ3) is 2.42. The van der Waals surface area contributed by atoms with E-state index in [9.17, 15) is 0 Å². The molecule has 2 aromatic heterocycles. The van der Waals surface area contributed by atoms with Crippen LogP contribution in [0.2, 0.25) is 10.2 Å². The summed E-state index contributed by atoms with van der Waals surface area (Å²) in [5.74, 6) is 5.56. The van der Waals surface area contributed by atoms with E-state index >= 15 is 0 Å². The number of pyridine rings is 1. The highest BCUT2D eigenvalue weighted by Crippen LogP contribution is 2.27. The van der Waals surface area contributed by atoms with Crippen LogP contribution in [-0.2, 0) is 7.05 Å². The molecule has 0 fully saturated rings. The molecule has 1 unspecified atom stereocenters. The van der Waals surface area contributed by atoms with Crippen LogP contribution in [0.1, 0.15) is 17.3 Å². The lowest BCUT2D eigenvalue weighted by atomic mass is 10.1. The van der Waals surface area contributed by atoms with Gasteiger partial charge in [0.2, 0.25) is 0 Å². The Morgan fingerprint density at radius 1 is 1.35 bits per heavy atom. The molecule has 0 saturated carbocycles. The Labute approximate surface area is 109 Å². The SMILES string of the molecule is Cn1ncc(Cl)c1C(NN)c1ccc(Cl)nc1. The first-order valence-corrected chi connectivity index (χ1v) is 5.64. The van der Waals surface area contributed by atoms with E-state index in [2.05, 4.69) is 15.5 Å². The number of nitrogens with one attached hydrogen (secondary N) is 1. The molecular formula is C10H11Cl2N5. The maximum Gasteiger partial charge on any atom is 0.129 e. The summed E-state index contributed by atoms with van der Waals surface area (Å²) in [7, 11) is 1.80. The van der Waals surface area contributed by atoms with E-state index in [-0.39, 0.29) is 6.04 Å². The zero-order valence-corrected chi connectivity index (χ0v) is 10.6. The molecule has 2 aromatic rings. The number of hydrogen-bond donors (Lipinski definition) is 2. The van der Waals surface area contributed by atoms with Crippen LogP contribution in [0.15, 0.2) is 24.5 Å². The zero-order chi connectivity index (χ0) is 12.4. The number of rotatable bonds is 3. The van der Waals surface area contributed by atoms with Gasteiger partial charge in [0.05, 0.1) is 23.0 Å². The fourth-order valence-corrected chi connectivity index (χ4v) is 2.02. The third-order valence-electron chi connectivity index (χ3n) is 2.46. The van der Waals surface area contributed by atoms with Gasteiger partial charge in [-0.15, -0.1) is 0 Å². The Bertz CT molecular complexity index is 488. The number of hydrazine groups is 1. The van der Waals surface area contributed by atoms with Crippen LogP contribution in [0.3, 0.4) is 0 Å². The highest BCUT2D eigenvalue weighted by atomic mass is 35.5. The van der Waals surface area contributed by atoms with Crippen molar-refractivity contribution in [2.75, 3.05) is 0 Å². The summed E-state index contributed by atoms with van der Waals surface area (Å²) in [5, 5.41) is 5.05. The lowest BCUT2D eigenvalue weighted by molar-refractivity contribution is 0.574. The molecule has 0 saturated heterocycles. The molecular weight excluding hydrogens is 261 g/mol. The van der Waals surface area contributed by atoms with Crippen LogP contribution in [0.5, 0.6) is 0 Å². The largest absolute Gasteiger partial charge is 0.271 e. The van der Waals surface area contributed by atoms with E-state index in [4.69, 9.17) is 29.0 Å². The number of nitrogens with two attached hydrogens (primary N) is 1. The summed E-state index contributed by atoms with van der Waals surface area (Å²) in [6, 6.07) is 3.26. The molecule has 0 aliphatic rings. The topological polar surface area (TPSA) is 68.8 Å². The maximum atomic E-state index is 6.07. The number of nitrogens with zero attached hydrogens (tertiary/aromatic N) is 3. The van der Waals surface area contributed by atoms with Crippen LogP contribution in [0, 0.1) is 0 Å². The minimum Gasteiger partial charge on any atom is -0.271 e. The lowest BCUT2D eigenvalue weighted by Gasteiger charge is -2.16. The fourth-order valence-electron chi connectivity index (χ4n) is 1.64. The second-order valence-corrected chi connectivity index (χ2v) is 4.31. The fraction of sp³-hybridized carbons (Fsp3) is 0.200. The number of aryl methyl sites for hydroxylation is 1. The third-order valence-corrected chi connectivity index (χ3v) is 2.98. The monoisotopic (exact) mass is 271 g/mol. The number of aromatic nitrogens is 3. The summed E-state index contributed by atoms with van der Waals surface area (Å²) in [6.07, 6.45) is 3.22. The van der Waals surface area contributed by atoms with E-state index in [0.29, 0.717) is 10.2 Å². The Morgan fingerprint density at radius 2 is 2.12 bits per heavy atom. The van der Waals surface area contributed by atoms with Gasteiger partial charge >= 0.3 is 0 Å². The molecule has 5 nitrogen and oxygen atoms in total. The lowest BCUT2D eigenvalue weighted by Crippen LogP contribution is -2.30. The zero-order valence-electron chi connectivity index (χ0n) is 9.06. The summed E-state index contributed by atoms with van der Waals surface area (Å²) >= 11 is 11.8. The van der Waals surface area contributed by atoms with Crippen molar-refractivity contribution < 1.29 is 0 Å². The summed E-state index contributed by atoms with van der Waals surface area (Å²) in [4.78, 5) is 4.01. The van der Waals surface area contributed by atoms with Gasteiger partial charge in [-0.05, 0) is 11.6 Å². The van der Waals surface area contributed by atoms with Crippen molar-refractivity contribution >= 4 is 23.2 Å². The minimum atomic E-state index is -0.278. The smallest absolute Gasteiger partial charge is 0.129 e. The van der Waals surface area contributed by atoms with E-state index < -0.39 is 0 Å². The van der Waals surface area contributed by atoms with Gasteiger partial charge in [-0.2, -0.15) is 5.10 Å². The molecule has 0 radical (unpaired) electrons. The Balaban J connectivity index is 2.43. The van der Waals surface area contributed by atoms with Gasteiger partial charge in [-0.1, -0.05) is 29.3 Å². The summed E-state index contributed by atoms with van der Waals surface area (Å²) < 4.78 is 1.67. The van der Waals surface area contributed by atoms with Gasteiger partial charge in [0, 0.05) is 13.2 Å². The Hall–Kier alpha value is -1.14. The first-order chi connectivity index (χ1) is 8.13. The molecule has 0 aliphatic carbocycles. The minimum absolute atomic E-state index is 0.278. The Kier molecular flexibility index (Phi) is 3.63. The van der Waals surface area contributed by atoms with Crippen molar-refractivity contribution in [3.63, 3.8) is 0 Å². The van der Waals surface area contributed by atoms with Crippen LogP contribution < -0.4 is 11.3 Å². The molecule has 0 aliphatic heterocycles. The van der Waals surface area contributed by atoms with Crippen molar-refractivity contribution in [2.24, 2.45) is 12.9 Å². The maximum absolute atomic E-state index is 6.07. The van der Waals surface area contributed by atoms with Gasteiger partial charge in [-0.3, -0.25) is 10.5 Å². The molecule has 2 rings (SSSR count). The van der Waals surface area contributed by atoms with Crippen molar-refractivity contribution in [1.29, 1.82) is 0 Å². The van der Waals surface area contributed by atoms with E-state index in [1.807, 2.05) is 6.07 Å². The van der Waals surface area contributed by atoms with Crippen molar-refractivity contribution in [3.05, 3.63) is 46.0 Å². The van der Waals surface area contributed by atoms with Gasteiger partial charge in [0.25, 0.3) is 0 Å². The quantitative estimate of drug-likeness (QED) is 0.506. The molecule has 90 valence electrons. The average molecular weight is 272 g/mol. The van der Waals surface area contributed by atoms with E-state index in [1.165, 1.54) is 0 Å². The first kappa shape index (κ1) is 12.3. The molecule has 2 heterocycles. The standard InChI is InChI=1S/C10H11Cl2N5/c1-17-10(7(11)5-15-17)9(16-13)6-2-3-8(12)14-4-6/h2-5,9,16H,13H2,1H3. The second kappa shape index (κ2) is 5.01. The van der Waals surface area contributed by atoms with Gasteiger partial charge in [-0.25, -0.2) is 10.4 Å². The van der Waals surface area contributed by atoms with Crippen LogP contribution in [0.4, 0.5) is 0 Å². The van der Waals surface area contributed by atoms with Crippen LogP contribution in [-0.4, -0.2) is 14.8 Å². The molecule has 0 spiro atoms. The molecule has 1 atom stereocenters. The number of halogens is 2. The van der Waals surface area contributed by atoms with Crippen molar-refractivity contribution in [2.45, 2.75) is 6.04 Å². The van der Waals surface area contributed by atoms with Crippen molar-refractivity contribution in [1.82, 2.24) is 20.2 Å². The van der Waals surface area contributed by atoms with E-state index in [0.717, 1.165) is 11.3 Å². The van der Waals surface area contributed by atoms with Crippen molar-refractivity contribution in [3.8, 4) is 0 Å². The summed E-state index contributed by atoms with van der Waals surface area (Å²) in [6.45, 7) is 0. The van der Waals surface area contributed by atoms with Crippen LogP contribution in [0.25, 0.3) is 0 Å². The second-order valence-electron chi connectivity index (χ2n) is 3.52. The predicted molar refractivity (Wildman–Crippen MR) is 66.6 cm³/mol. The molecule has 0 amide bonds. The number of hydrogen-bond acceptors (Lipinski definition) is 4. The highest BCUT2D eigenvalue weighted by molar-refractivity contribution is 6.31. The van der Waals surface area contributed by atoms with Crippen LogP contribution >= 0.6 is 23.2 Å². The molecule has 7 heteroatoms. The Morgan fingerprint density at radius 3 is 2.59 bits per heavy atom. The van der Waals surface area contributed by atoms with Gasteiger partial charge in [0.1, 0.15) is 5.15 Å². The van der Waals surface area contributed by atoms with Gasteiger partial charge < -0.3 is 0 Å².